The van der Waals surface area contributed by atoms with Gasteiger partial charge in [0, 0.05) is 38.1 Å². The van der Waals surface area contributed by atoms with Crippen LogP contribution in [-0.4, -0.2) is 0 Å². The second-order valence-electron chi connectivity index (χ2n) is 13.6. The number of anilines is 3. The molecule has 0 radical (unpaired) electrons. The van der Waals surface area contributed by atoms with Crippen LogP contribution in [0.5, 0.6) is 0 Å². The third kappa shape index (κ3) is 4.54. The molecule has 0 amide bonds. The highest BCUT2D eigenvalue weighted by atomic mass is 16.3. The SMILES string of the molecule is c1ccc(-c2ccccc2N(c2ccccc2-c2cccc3oc4c5ccccc5ccc4c23)c2cccc3oc4c5ccccc5ccc4c23)cc1. The minimum absolute atomic E-state index is 0.850. The van der Waals surface area contributed by atoms with E-state index in [9.17, 15) is 0 Å². The number of para-hydroxylation sites is 2. The average Bonchev–Trinajstić information content (AvgIpc) is 3.82. The maximum absolute atomic E-state index is 6.75. The summed E-state index contributed by atoms with van der Waals surface area (Å²) in [7, 11) is 0. The Balaban J connectivity index is 1.24. The first-order valence-electron chi connectivity index (χ1n) is 18.0. The number of furan rings is 2. The van der Waals surface area contributed by atoms with Gasteiger partial charge in [0.25, 0.3) is 0 Å². The van der Waals surface area contributed by atoms with Crippen molar-refractivity contribution in [3.63, 3.8) is 0 Å². The summed E-state index contributed by atoms with van der Waals surface area (Å²) in [6.07, 6.45) is 0. The molecule has 2 aromatic heterocycles. The lowest BCUT2D eigenvalue weighted by Gasteiger charge is -2.30. The molecule has 53 heavy (non-hydrogen) atoms. The molecule has 3 heteroatoms. The van der Waals surface area contributed by atoms with Crippen molar-refractivity contribution >= 4 is 82.5 Å². The fraction of sp³-hybridized carbons (Fsp3) is 0. The van der Waals surface area contributed by atoms with E-state index in [0.717, 1.165) is 105 Å². The Morgan fingerprint density at radius 3 is 1.49 bits per heavy atom. The average molecular weight is 678 g/mol. The van der Waals surface area contributed by atoms with Crippen LogP contribution in [0.2, 0.25) is 0 Å². The predicted octanol–water partition coefficient (Wildman–Crippen LogP) is 14.6. The van der Waals surface area contributed by atoms with Crippen LogP contribution in [0.4, 0.5) is 17.1 Å². The Bertz CT molecular complexity index is 3190. The van der Waals surface area contributed by atoms with Crippen LogP contribution in [0.15, 0.2) is 197 Å². The van der Waals surface area contributed by atoms with Gasteiger partial charge >= 0.3 is 0 Å². The van der Waals surface area contributed by atoms with Gasteiger partial charge < -0.3 is 13.7 Å². The molecule has 3 nitrogen and oxygen atoms in total. The molecular weight excluding hydrogens is 647 g/mol. The molecule has 0 bridgehead atoms. The second-order valence-corrected chi connectivity index (χ2v) is 13.6. The van der Waals surface area contributed by atoms with Gasteiger partial charge in [-0.25, -0.2) is 0 Å². The van der Waals surface area contributed by atoms with Crippen molar-refractivity contribution in [3.8, 4) is 22.3 Å². The molecule has 0 saturated heterocycles. The molecule has 0 fully saturated rings. The summed E-state index contributed by atoms with van der Waals surface area (Å²) in [6.45, 7) is 0. The van der Waals surface area contributed by atoms with E-state index in [1.54, 1.807) is 0 Å². The molecule has 0 unspecified atom stereocenters. The molecule has 0 aliphatic rings. The monoisotopic (exact) mass is 677 g/mol. The Kier molecular flexibility index (Phi) is 6.55. The van der Waals surface area contributed by atoms with E-state index in [1.165, 1.54) is 0 Å². The molecule has 9 aromatic carbocycles. The van der Waals surface area contributed by atoms with E-state index in [-0.39, 0.29) is 0 Å². The molecule has 248 valence electrons. The number of hydrogen-bond donors (Lipinski definition) is 0. The van der Waals surface area contributed by atoms with E-state index in [1.807, 2.05) is 0 Å². The van der Waals surface area contributed by atoms with Gasteiger partial charge in [-0.15, -0.1) is 0 Å². The highest BCUT2D eigenvalue weighted by Gasteiger charge is 2.25. The highest BCUT2D eigenvalue weighted by Crippen LogP contribution is 2.50. The van der Waals surface area contributed by atoms with E-state index in [0.29, 0.717) is 0 Å². The van der Waals surface area contributed by atoms with E-state index in [2.05, 4.69) is 193 Å². The van der Waals surface area contributed by atoms with E-state index in [4.69, 9.17) is 8.83 Å². The van der Waals surface area contributed by atoms with Crippen molar-refractivity contribution in [2.24, 2.45) is 0 Å². The quantitative estimate of drug-likeness (QED) is 0.182. The highest BCUT2D eigenvalue weighted by molar-refractivity contribution is 6.22. The molecule has 0 N–H and O–H groups in total. The number of nitrogens with zero attached hydrogens (tertiary/aromatic N) is 1. The zero-order chi connectivity index (χ0) is 34.9. The zero-order valence-electron chi connectivity index (χ0n) is 28.7. The van der Waals surface area contributed by atoms with Crippen molar-refractivity contribution in [2.45, 2.75) is 0 Å². The molecular formula is C50H31NO2. The Morgan fingerprint density at radius 1 is 0.302 bits per heavy atom. The molecule has 0 saturated carbocycles. The molecule has 11 aromatic rings. The van der Waals surface area contributed by atoms with Gasteiger partial charge in [0.1, 0.15) is 22.3 Å². The Labute approximate surface area is 305 Å². The van der Waals surface area contributed by atoms with Gasteiger partial charge in [0.05, 0.1) is 22.4 Å². The number of rotatable bonds is 5. The first-order valence-corrected chi connectivity index (χ1v) is 18.0. The van der Waals surface area contributed by atoms with Crippen LogP contribution >= 0.6 is 0 Å². The zero-order valence-corrected chi connectivity index (χ0v) is 28.7. The van der Waals surface area contributed by atoms with Crippen molar-refractivity contribution in [1.29, 1.82) is 0 Å². The van der Waals surface area contributed by atoms with Crippen LogP contribution in [-0.2, 0) is 0 Å². The van der Waals surface area contributed by atoms with Crippen LogP contribution < -0.4 is 4.90 Å². The molecule has 0 spiro atoms. The Hall–Kier alpha value is -7.10. The normalized spacial score (nSPS) is 11.8. The fourth-order valence-corrected chi connectivity index (χ4v) is 8.32. The summed E-state index contributed by atoms with van der Waals surface area (Å²) in [5, 5.41) is 8.92. The van der Waals surface area contributed by atoms with E-state index < -0.39 is 0 Å². The molecule has 11 rings (SSSR count). The van der Waals surface area contributed by atoms with Gasteiger partial charge in [0.2, 0.25) is 0 Å². The summed E-state index contributed by atoms with van der Waals surface area (Å²) in [4.78, 5) is 2.43. The molecule has 0 atom stereocenters. The lowest BCUT2D eigenvalue weighted by atomic mass is 9.95. The second kappa shape index (κ2) is 11.7. The van der Waals surface area contributed by atoms with Gasteiger partial charge in [0.15, 0.2) is 0 Å². The van der Waals surface area contributed by atoms with Gasteiger partial charge in [-0.1, -0.05) is 146 Å². The van der Waals surface area contributed by atoms with Crippen molar-refractivity contribution in [2.75, 3.05) is 4.90 Å². The Morgan fingerprint density at radius 2 is 0.792 bits per heavy atom. The van der Waals surface area contributed by atoms with Gasteiger partial charge in [-0.05, 0) is 64.4 Å². The maximum atomic E-state index is 6.75. The standard InChI is InChI=1S/C50H31NO2/c1-2-14-32(15-3-1)35-18-8-10-23-42(35)51(44-25-13-27-46-48(44)41-31-29-34-17-5-7-20-37(34)50(41)53-46)43-24-11-9-21-38(43)39-22-12-26-45-47(39)40-30-28-33-16-4-6-19-36(33)49(40)52-45/h1-31H. The van der Waals surface area contributed by atoms with Crippen LogP contribution in [0.25, 0.3) is 87.7 Å². The minimum atomic E-state index is 0.850. The lowest BCUT2D eigenvalue weighted by molar-refractivity contribution is 0.672. The van der Waals surface area contributed by atoms with Crippen LogP contribution in [0, 0.1) is 0 Å². The third-order valence-electron chi connectivity index (χ3n) is 10.7. The van der Waals surface area contributed by atoms with Gasteiger partial charge in [-0.2, -0.15) is 0 Å². The largest absolute Gasteiger partial charge is 0.455 e. The lowest BCUT2D eigenvalue weighted by Crippen LogP contribution is -2.12. The topological polar surface area (TPSA) is 29.5 Å². The number of benzene rings is 9. The first-order chi connectivity index (χ1) is 26.3. The molecule has 2 heterocycles. The summed E-state index contributed by atoms with van der Waals surface area (Å²) < 4.78 is 13.4. The summed E-state index contributed by atoms with van der Waals surface area (Å²) in [5.41, 5.74) is 11.2. The maximum Gasteiger partial charge on any atom is 0.143 e. The van der Waals surface area contributed by atoms with Crippen molar-refractivity contribution in [1.82, 2.24) is 0 Å². The summed E-state index contributed by atoms with van der Waals surface area (Å²) >= 11 is 0. The summed E-state index contributed by atoms with van der Waals surface area (Å²) in [5.74, 6) is 0. The van der Waals surface area contributed by atoms with E-state index >= 15 is 0 Å². The van der Waals surface area contributed by atoms with Crippen LogP contribution in [0.1, 0.15) is 0 Å². The molecule has 0 aliphatic heterocycles. The number of fused-ring (bicyclic) bond motifs is 10. The third-order valence-corrected chi connectivity index (χ3v) is 10.7. The fourth-order valence-electron chi connectivity index (χ4n) is 8.32. The predicted molar refractivity (Wildman–Crippen MR) is 222 cm³/mol. The molecule has 0 aliphatic carbocycles. The summed E-state index contributed by atoms with van der Waals surface area (Å²) in [6, 6.07) is 66.7. The minimum Gasteiger partial charge on any atom is -0.455 e. The smallest absolute Gasteiger partial charge is 0.143 e. The van der Waals surface area contributed by atoms with Crippen LogP contribution in [0.3, 0.4) is 0 Å². The van der Waals surface area contributed by atoms with Crippen molar-refractivity contribution < 1.29 is 8.83 Å². The first kappa shape index (κ1) is 29.6. The van der Waals surface area contributed by atoms with Crippen molar-refractivity contribution in [3.05, 3.63) is 188 Å². The number of hydrogen-bond acceptors (Lipinski definition) is 3. The van der Waals surface area contributed by atoms with Gasteiger partial charge in [-0.3, -0.25) is 0 Å².